The number of imidazole rings is 1. The minimum Gasteiger partial charge on any atom is -0.497 e. The van der Waals surface area contributed by atoms with Crippen LogP contribution in [-0.2, 0) is 13.6 Å². The fourth-order valence-electron chi connectivity index (χ4n) is 3.35. The van der Waals surface area contributed by atoms with Crippen LogP contribution in [0.5, 0.6) is 11.5 Å². The van der Waals surface area contributed by atoms with E-state index in [2.05, 4.69) is 20.5 Å². The number of rotatable bonds is 9. The number of para-hydroxylation sites is 1. The van der Waals surface area contributed by atoms with E-state index in [1.54, 1.807) is 24.9 Å². The third kappa shape index (κ3) is 4.95. The molecular weight excluding hydrogens is 424 g/mol. The van der Waals surface area contributed by atoms with Crippen LogP contribution in [0, 0.1) is 0 Å². The predicted octanol–water partition coefficient (Wildman–Crippen LogP) is 2.35. The van der Waals surface area contributed by atoms with Gasteiger partial charge in [-0.3, -0.25) is 14.3 Å². The van der Waals surface area contributed by atoms with Gasteiger partial charge in [0.1, 0.15) is 11.5 Å². The van der Waals surface area contributed by atoms with Crippen LogP contribution in [-0.4, -0.2) is 39.0 Å². The second kappa shape index (κ2) is 9.86. The van der Waals surface area contributed by atoms with Gasteiger partial charge in [-0.05, 0) is 36.2 Å². The number of hydrazone groups is 1. The van der Waals surface area contributed by atoms with E-state index in [-0.39, 0.29) is 11.2 Å². The zero-order valence-corrected chi connectivity index (χ0v) is 18.3. The van der Waals surface area contributed by atoms with Crippen LogP contribution in [0.4, 0.5) is 5.95 Å². The summed E-state index contributed by atoms with van der Waals surface area (Å²) in [5, 5.41) is 4.26. The van der Waals surface area contributed by atoms with Crippen molar-refractivity contribution in [2.45, 2.75) is 13.0 Å². The summed E-state index contributed by atoms with van der Waals surface area (Å²) in [6, 6.07) is 16.9. The molecule has 2 N–H and O–H groups in total. The van der Waals surface area contributed by atoms with Gasteiger partial charge in [-0.1, -0.05) is 30.3 Å². The van der Waals surface area contributed by atoms with E-state index in [1.807, 2.05) is 54.6 Å². The molecule has 0 aliphatic rings. The Hall–Kier alpha value is -4.34. The van der Waals surface area contributed by atoms with Crippen molar-refractivity contribution in [2.24, 2.45) is 12.1 Å². The second-order valence-corrected chi connectivity index (χ2v) is 7.24. The normalized spacial score (nSPS) is 11.2. The van der Waals surface area contributed by atoms with E-state index in [0.29, 0.717) is 31.3 Å². The van der Waals surface area contributed by atoms with Gasteiger partial charge in [0.2, 0.25) is 5.95 Å². The van der Waals surface area contributed by atoms with Crippen LogP contribution in [0.2, 0.25) is 0 Å². The maximum atomic E-state index is 12.6. The Kier molecular flexibility index (Phi) is 6.53. The highest BCUT2D eigenvalue weighted by atomic mass is 16.5. The van der Waals surface area contributed by atoms with Crippen molar-refractivity contribution in [3.8, 4) is 11.5 Å². The van der Waals surface area contributed by atoms with Gasteiger partial charge >= 0.3 is 5.69 Å². The zero-order valence-electron chi connectivity index (χ0n) is 18.3. The molecule has 4 rings (SSSR count). The Balaban J connectivity index is 1.58. The van der Waals surface area contributed by atoms with Crippen LogP contribution in [0.15, 0.2) is 69.3 Å². The molecule has 0 aliphatic heterocycles. The SMILES string of the molecule is COc1cccc(/C=N\Nc2nc3c(c(=O)[nH]c(=O)n3C)n2CCCOc2ccccc2)c1. The van der Waals surface area contributed by atoms with E-state index in [9.17, 15) is 9.59 Å². The van der Waals surface area contributed by atoms with Crippen molar-refractivity contribution >= 4 is 23.3 Å². The number of ether oxygens (including phenoxy) is 2. The van der Waals surface area contributed by atoms with Gasteiger partial charge < -0.3 is 14.0 Å². The molecule has 4 aromatic rings. The lowest BCUT2D eigenvalue weighted by Crippen LogP contribution is -2.29. The lowest BCUT2D eigenvalue weighted by atomic mass is 10.2. The molecule has 2 aromatic carbocycles. The first-order valence-electron chi connectivity index (χ1n) is 10.4. The molecule has 0 aliphatic carbocycles. The summed E-state index contributed by atoms with van der Waals surface area (Å²) < 4.78 is 14.0. The molecule has 0 unspecified atom stereocenters. The molecule has 2 aromatic heterocycles. The molecule has 0 saturated carbocycles. The predicted molar refractivity (Wildman–Crippen MR) is 126 cm³/mol. The van der Waals surface area contributed by atoms with Gasteiger partial charge in [-0.2, -0.15) is 10.1 Å². The number of hydrogen-bond donors (Lipinski definition) is 2. The average Bonchev–Trinajstić information content (AvgIpc) is 3.20. The summed E-state index contributed by atoms with van der Waals surface area (Å²) in [6.07, 6.45) is 2.23. The number of hydrogen-bond acceptors (Lipinski definition) is 7. The Morgan fingerprint density at radius 2 is 1.91 bits per heavy atom. The van der Waals surface area contributed by atoms with Crippen LogP contribution in [0.25, 0.3) is 11.2 Å². The Bertz CT molecular complexity index is 1390. The molecule has 0 radical (unpaired) electrons. The highest BCUT2D eigenvalue weighted by Crippen LogP contribution is 2.17. The van der Waals surface area contributed by atoms with E-state index in [0.717, 1.165) is 11.3 Å². The number of aryl methyl sites for hydroxylation is 2. The second-order valence-electron chi connectivity index (χ2n) is 7.24. The summed E-state index contributed by atoms with van der Waals surface area (Å²) in [5.74, 6) is 1.83. The van der Waals surface area contributed by atoms with Gasteiger partial charge in [-0.25, -0.2) is 10.2 Å². The molecule has 0 spiro atoms. The number of anilines is 1. The summed E-state index contributed by atoms with van der Waals surface area (Å²) >= 11 is 0. The highest BCUT2D eigenvalue weighted by molar-refractivity contribution is 5.81. The Labute approximate surface area is 189 Å². The largest absolute Gasteiger partial charge is 0.497 e. The third-order valence-electron chi connectivity index (χ3n) is 5.02. The summed E-state index contributed by atoms with van der Waals surface area (Å²) in [6.45, 7) is 0.876. The third-order valence-corrected chi connectivity index (χ3v) is 5.02. The number of nitrogens with one attached hydrogen (secondary N) is 2. The first kappa shape index (κ1) is 21.9. The Morgan fingerprint density at radius 1 is 1.12 bits per heavy atom. The van der Waals surface area contributed by atoms with Crippen molar-refractivity contribution in [1.82, 2.24) is 19.1 Å². The first-order valence-corrected chi connectivity index (χ1v) is 10.4. The molecule has 10 nitrogen and oxygen atoms in total. The van der Waals surface area contributed by atoms with Crippen molar-refractivity contribution in [2.75, 3.05) is 19.1 Å². The summed E-state index contributed by atoms with van der Waals surface area (Å²) in [7, 11) is 3.15. The molecule has 170 valence electrons. The monoisotopic (exact) mass is 448 g/mol. The number of aromatic amines is 1. The number of aromatic nitrogens is 4. The number of nitrogens with zero attached hydrogens (tertiary/aromatic N) is 4. The van der Waals surface area contributed by atoms with Crippen molar-refractivity contribution < 1.29 is 9.47 Å². The van der Waals surface area contributed by atoms with Crippen molar-refractivity contribution in [1.29, 1.82) is 0 Å². The van der Waals surface area contributed by atoms with E-state index in [1.165, 1.54) is 4.57 Å². The molecule has 2 heterocycles. The van der Waals surface area contributed by atoms with Crippen LogP contribution < -0.4 is 26.1 Å². The average molecular weight is 448 g/mol. The number of H-pyrrole nitrogens is 1. The minimum absolute atomic E-state index is 0.270. The molecule has 0 bridgehead atoms. The van der Waals surface area contributed by atoms with E-state index >= 15 is 0 Å². The highest BCUT2D eigenvalue weighted by Gasteiger charge is 2.17. The minimum atomic E-state index is -0.531. The van der Waals surface area contributed by atoms with Gasteiger partial charge in [0.05, 0.1) is 19.9 Å². The summed E-state index contributed by atoms with van der Waals surface area (Å²) in [5.41, 5.74) is 3.24. The van der Waals surface area contributed by atoms with E-state index < -0.39 is 11.2 Å². The number of methoxy groups -OCH3 is 1. The lowest BCUT2D eigenvalue weighted by molar-refractivity contribution is 0.303. The molecule has 10 heteroatoms. The molecule has 0 fully saturated rings. The number of fused-ring (bicyclic) bond motifs is 1. The van der Waals surface area contributed by atoms with Crippen LogP contribution in [0.1, 0.15) is 12.0 Å². The van der Waals surface area contributed by atoms with Crippen LogP contribution in [0.3, 0.4) is 0 Å². The van der Waals surface area contributed by atoms with Gasteiger partial charge in [-0.15, -0.1) is 0 Å². The zero-order chi connectivity index (χ0) is 23.2. The Morgan fingerprint density at radius 3 is 2.70 bits per heavy atom. The fourth-order valence-corrected chi connectivity index (χ4v) is 3.35. The van der Waals surface area contributed by atoms with Gasteiger partial charge in [0.15, 0.2) is 11.2 Å². The molecule has 0 saturated heterocycles. The molecule has 0 amide bonds. The first-order chi connectivity index (χ1) is 16.1. The maximum Gasteiger partial charge on any atom is 0.329 e. The van der Waals surface area contributed by atoms with Crippen LogP contribution >= 0.6 is 0 Å². The standard InChI is InChI=1S/C23H24N6O4/c1-28-20-19(21(30)26-23(28)31)29(12-7-13-33-17-9-4-3-5-10-17)22(25-20)27-24-15-16-8-6-11-18(14-16)32-2/h3-6,8-11,14-15H,7,12-13H2,1-2H3,(H,25,27)(H,26,30,31)/b24-15-. The topological polar surface area (TPSA) is 116 Å². The molecule has 33 heavy (non-hydrogen) atoms. The quantitative estimate of drug-likeness (QED) is 0.231. The summed E-state index contributed by atoms with van der Waals surface area (Å²) in [4.78, 5) is 31.4. The number of benzene rings is 2. The lowest BCUT2D eigenvalue weighted by Gasteiger charge is -2.09. The molecular formula is C23H24N6O4. The maximum absolute atomic E-state index is 12.6. The van der Waals surface area contributed by atoms with Crippen molar-refractivity contribution in [3.05, 3.63) is 81.0 Å². The smallest absolute Gasteiger partial charge is 0.329 e. The van der Waals surface area contributed by atoms with E-state index in [4.69, 9.17) is 9.47 Å². The van der Waals surface area contributed by atoms with Gasteiger partial charge in [0, 0.05) is 13.6 Å². The molecule has 0 atom stereocenters. The van der Waals surface area contributed by atoms with Gasteiger partial charge in [0.25, 0.3) is 5.56 Å². The fraction of sp³-hybridized carbons (Fsp3) is 0.217. The van der Waals surface area contributed by atoms with Crippen molar-refractivity contribution in [3.63, 3.8) is 0 Å².